The second-order valence-electron chi connectivity index (χ2n) is 4.93. The molecule has 5 heteroatoms. The fourth-order valence-corrected chi connectivity index (χ4v) is 2.67. The zero-order chi connectivity index (χ0) is 13.8. The van der Waals surface area contributed by atoms with E-state index in [1.807, 2.05) is 0 Å². The summed E-state index contributed by atoms with van der Waals surface area (Å²) in [7, 11) is 0. The minimum absolute atomic E-state index is 0.160. The van der Waals surface area contributed by atoms with Crippen molar-refractivity contribution in [1.82, 2.24) is 10.2 Å². The van der Waals surface area contributed by atoms with Crippen molar-refractivity contribution in [1.29, 1.82) is 0 Å². The Labute approximate surface area is 121 Å². The zero-order valence-corrected chi connectivity index (χ0v) is 12.5. The van der Waals surface area contributed by atoms with Crippen LogP contribution in [0.15, 0.2) is 22.7 Å². The van der Waals surface area contributed by atoms with E-state index in [2.05, 4.69) is 33.1 Å². The van der Waals surface area contributed by atoms with E-state index in [4.69, 9.17) is 0 Å². The van der Waals surface area contributed by atoms with Crippen LogP contribution in [0.2, 0.25) is 0 Å². The van der Waals surface area contributed by atoms with Gasteiger partial charge in [-0.05, 0) is 67.0 Å². The minimum Gasteiger partial charge on any atom is -0.350 e. The molecule has 1 N–H and O–H groups in total. The highest BCUT2D eigenvalue weighted by Crippen LogP contribution is 2.17. The van der Waals surface area contributed by atoms with Crippen LogP contribution in [0.5, 0.6) is 0 Å². The largest absolute Gasteiger partial charge is 0.350 e. The number of hydrogen-bond acceptors (Lipinski definition) is 2. The monoisotopic (exact) mass is 328 g/mol. The van der Waals surface area contributed by atoms with Gasteiger partial charge in [0.15, 0.2) is 0 Å². The molecule has 1 heterocycles. The van der Waals surface area contributed by atoms with Crippen LogP contribution in [0.4, 0.5) is 4.39 Å². The van der Waals surface area contributed by atoms with E-state index in [-0.39, 0.29) is 11.7 Å². The van der Waals surface area contributed by atoms with Gasteiger partial charge in [-0.3, -0.25) is 9.69 Å². The summed E-state index contributed by atoms with van der Waals surface area (Å²) in [5.74, 6) is -0.520. The number of benzene rings is 1. The van der Waals surface area contributed by atoms with Crippen LogP contribution in [0.3, 0.4) is 0 Å². The first-order valence-corrected chi connectivity index (χ1v) is 7.34. The van der Waals surface area contributed by atoms with E-state index in [9.17, 15) is 9.18 Å². The first kappa shape index (κ1) is 14.5. The van der Waals surface area contributed by atoms with Crippen molar-refractivity contribution in [3.8, 4) is 0 Å². The van der Waals surface area contributed by atoms with E-state index in [1.165, 1.54) is 31.0 Å². The molecule has 0 saturated carbocycles. The normalized spacial score (nSPS) is 17.4. The number of carbonyl (C=O) groups excluding carboxylic acids is 1. The molecule has 0 aromatic heterocycles. The summed E-state index contributed by atoms with van der Waals surface area (Å²) in [4.78, 5) is 14.3. The number of carbonyl (C=O) groups is 1. The molecule has 0 bridgehead atoms. The van der Waals surface area contributed by atoms with Crippen molar-refractivity contribution in [3.05, 3.63) is 34.1 Å². The average Bonchev–Trinajstić information content (AvgIpc) is 2.92. The van der Waals surface area contributed by atoms with Crippen LogP contribution >= 0.6 is 15.9 Å². The quantitative estimate of drug-likeness (QED) is 0.921. The molecule has 19 heavy (non-hydrogen) atoms. The van der Waals surface area contributed by atoms with Gasteiger partial charge in [-0.25, -0.2) is 4.39 Å². The third-order valence-corrected chi connectivity index (χ3v) is 4.11. The second-order valence-corrected chi connectivity index (χ2v) is 5.79. The van der Waals surface area contributed by atoms with Gasteiger partial charge in [0.25, 0.3) is 5.91 Å². The summed E-state index contributed by atoms with van der Waals surface area (Å²) in [6.45, 7) is 4.96. The van der Waals surface area contributed by atoms with Crippen molar-refractivity contribution in [2.45, 2.75) is 25.8 Å². The van der Waals surface area contributed by atoms with Crippen molar-refractivity contribution in [2.24, 2.45) is 0 Å². The molecule has 0 radical (unpaired) electrons. The Morgan fingerprint density at radius 2 is 2.16 bits per heavy atom. The number of likely N-dealkylation sites (tertiary alicyclic amines) is 1. The fraction of sp³-hybridized carbons (Fsp3) is 0.500. The standard InChI is InChI=1S/C14H18BrFN2O/c1-10(18-6-2-3-7-18)9-17-14(19)11-4-5-13(16)12(15)8-11/h4-5,8,10H,2-3,6-7,9H2,1H3,(H,17,19). The van der Waals surface area contributed by atoms with Crippen molar-refractivity contribution >= 4 is 21.8 Å². The maximum absolute atomic E-state index is 13.1. The van der Waals surface area contributed by atoms with Gasteiger partial charge in [-0.1, -0.05) is 0 Å². The summed E-state index contributed by atoms with van der Waals surface area (Å²) in [5.41, 5.74) is 0.474. The maximum atomic E-state index is 13.1. The van der Waals surface area contributed by atoms with Crippen molar-refractivity contribution in [2.75, 3.05) is 19.6 Å². The van der Waals surface area contributed by atoms with Crippen LogP contribution in [0, 0.1) is 5.82 Å². The van der Waals surface area contributed by atoms with Gasteiger partial charge >= 0.3 is 0 Å². The van der Waals surface area contributed by atoms with Crippen molar-refractivity contribution in [3.63, 3.8) is 0 Å². The molecule has 1 aromatic carbocycles. The summed E-state index contributed by atoms with van der Waals surface area (Å²) in [6, 6.07) is 4.64. The minimum atomic E-state index is -0.359. The zero-order valence-electron chi connectivity index (χ0n) is 11.0. The van der Waals surface area contributed by atoms with Crippen LogP contribution in [0.1, 0.15) is 30.1 Å². The van der Waals surface area contributed by atoms with Gasteiger partial charge in [0, 0.05) is 18.2 Å². The Balaban J connectivity index is 1.88. The van der Waals surface area contributed by atoms with Crippen LogP contribution in [0.25, 0.3) is 0 Å². The Kier molecular flexibility index (Phi) is 4.93. The lowest BCUT2D eigenvalue weighted by atomic mass is 10.2. The fourth-order valence-electron chi connectivity index (χ4n) is 2.29. The smallest absolute Gasteiger partial charge is 0.251 e. The molecule has 1 fully saturated rings. The summed E-state index contributed by atoms with van der Waals surface area (Å²) < 4.78 is 13.4. The first-order chi connectivity index (χ1) is 9.08. The molecule has 3 nitrogen and oxygen atoms in total. The predicted molar refractivity (Wildman–Crippen MR) is 76.7 cm³/mol. The predicted octanol–water partition coefficient (Wildman–Crippen LogP) is 2.80. The van der Waals surface area contributed by atoms with Crippen LogP contribution < -0.4 is 5.32 Å². The van der Waals surface area contributed by atoms with Gasteiger partial charge in [0.1, 0.15) is 5.82 Å². The third kappa shape index (κ3) is 3.76. The molecule has 1 aliphatic heterocycles. The van der Waals surface area contributed by atoms with Crippen LogP contribution in [-0.4, -0.2) is 36.5 Å². The molecule has 1 atom stereocenters. The Hall–Kier alpha value is -0.940. The van der Waals surface area contributed by atoms with E-state index >= 15 is 0 Å². The lowest BCUT2D eigenvalue weighted by Crippen LogP contribution is -2.40. The highest BCUT2D eigenvalue weighted by Gasteiger charge is 2.18. The van der Waals surface area contributed by atoms with Gasteiger partial charge in [-0.2, -0.15) is 0 Å². The molecule has 2 rings (SSSR count). The van der Waals surface area contributed by atoms with E-state index < -0.39 is 0 Å². The van der Waals surface area contributed by atoms with Gasteiger partial charge < -0.3 is 5.32 Å². The third-order valence-electron chi connectivity index (χ3n) is 3.50. The maximum Gasteiger partial charge on any atom is 0.251 e. The number of nitrogens with one attached hydrogen (secondary N) is 1. The molecule has 0 spiro atoms. The van der Waals surface area contributed by atoms with E-state index in [1.54, 1.807) is 0 Å². The average molecular weight is 329 g/mol. The number of nitrogens with zero attached hydrogens (tertiary/aromatic N) is 1. The highest BCUT2D eigenvalue weighted by atomic mass is 79.9. The van der Waals surface area contributed by atoms with Crippen LogP contribution in [-0.2, 0) is 0 Å². The summed E-state index contributed by atoms with van der Waals surface area (Å²) in [6.07, 6.45) is 2.48. The molecule has 1 aliphatic rings. The molecule has 104 valence electrons. The Morgan fingerprint density at radius 1 is 1.47 bits per heavy atom. The van der Waals surface area contributed by atoms with E-state index in [0.29, 0.717) is 22.6 Å². The number of amides is 1. The van der Waals surface area contributed by atoms with Gasteiger partial charge in [-0.15, -0.1) is 0 Å². The lowest BCUT2D eigenvalue weighted by Gasteiger charge is -2.23. The second kappa shape index (κ2) is 6.48. The van der Waals surface area contributed by atoms with Gasteiger partial charge in [0.2, 0.25) is 0 Å². The number of rotatable bonds is 4. The summed E-state index contributed by atoms with van der Waals surface area (Å²) in [5, 5.41) is 2.90. The molecule has 1 saturated heterocycles. The Morgan fingerprint density at radius 3 is 2.79 bits per heavy atom. The first-order valence-electron chi connectivity index (χ1n) is 6.55. The topological polar surface area (TPSA) is 32.3 Å². The molecular weight excluding hydrogens is 311 g/mol. The number of halogens is 2. The molecule has 1 unspecified atom stereocenters. The lowest BCUT2D eigenvalue weighted by molar-refractivity contribution is 0.0940. The SMILES string of the molecule is CC(CNC(=O)c1ccc(F)c(Br)c1)N1CCCC1. The molecule has 1 aromatic rings. The molecular formula is C14H18BrFN2O. The van der Waals surface area contributed by atoms with Crippen molar-refractivity contribution < 1.29 is 9.18 Å². The summed E-state index contributed by atoms with van der Waals surface area (Å²) >= 11 is 3.09. The van der Waals surface area contributed by atoms with E-state index in [0.717, 1.165) is 13.1 Å². The highest BCUT2D eigenvalue weighted by molar-refractivity contribution is 9.10. The Bertz CT molecular complexity index is 461. The number of hydrogen-bond donors (Lipinski definition) is 1. The molecule has 0 aliphatic carbocycles. The van der Waals surface area contributed by atoms with Gasteiger partial charge in [0.05, 0.1) is 4.47 Å². The molecule has 1 amide bonds.